The second-order valence-electron chi connectivity index (χ2n) is 9.93. The van der Waals surface area contributed by atoms with Gasteiger partial charge in [-0.15, -0.1) is 0 Å². The molecule has 0 radical (unpaired) electrons. The lowest BCUT2D eigenvalue weighted by molar-refractivity contribution is -0.158. The van der Waals surface area contributed by atoms with E-state index in [9.17, 15) is 19.2 Å². The second-order valence-corrected chi connectivity index (χ2v) is 9.93. The van der Waals surface area contributed by atoms with Crippen LogP contribution >= 0.6 is 0 Å². The number of hydrogen-bond acceptors (Lipinski definition) is 6. The van der Waals surface area contributed by atoms with E-state index in [2.05, 4.69) is 31.1 Å². The standard InChI is InChI=1S/C25H43N3O5.C3H8.C2H6/c1-10-11-12-13-18(6)23(33-19(7)30)21(15-29)28(9)25(32)22(17(4)5)27-24(31)20(26-8)14-16(2)3;1-3-2;1-2/h10-12,15-18,20-23,26H,1,13-14H2,2-9H3,(H,27,31);3H2,1-2H3;1-2H3/b12-11+;;/t18-,20+,21?,22+,23-;;/m1../s1. The molecule has 0 heterocycles. The normalized spacial score (nSPS) is 14.6. The van der Waals surface area contributed by atoms with E-state index < -0.39 is 36.1 Å². The SMILES string of the molecule is C=C/C=C/C[C@@H](C)[C@@H](OC(C)=O)C(C=O)N(C)C(=O)[C@@H](NC(=O)[C@H](CC(C)C)NC)C(C)C.CC.CCC. The molecule has 1 unspecified atom stereocenters. The molecule has 222 valence electrons. The molecule has 0 aliphatic heterocycles. The summed E-state index contributed by atoms with van der Waals surface area (Å²) in [6.45, 7) is 22.7. The minimum Gasteiger partial charge on any atom is -0.460 e. The Bertz CT molecular complexity index is 706. The minimum atomic E-state index is -0.998. The van der Waals surface area contributed by atoms with Crippen LogP contribution in [0.15, 0.2) is 24.8 Å². The molecule has 0 aromatic rings. The molecule has 0 rings (SSSR count). The smallest absolute Gasteiger partial charge is 0.302 e. The average molecular weight is 540 g/mol. The lowest BCUT2D eigenvalue weighted by Gasteiger charge is -2.36. The summed E-state index contributed by atoms with van der Waals surface area (Å²) in [5.74, 6) is -1.37. The third kappa shape index (κ3) is 16.4. The Labute approximate surface area is 233 Å². The summed E-state index contributed by atoms with van der Waals surface area (Å²) < 4.78 is 5.47. The largest absolute Gasteiger partial charge is 0.460 e. The van der Waals surface area contributed by atoms with E-state index >= 15 is 0 Å². The summed E-state index contributed by atoms with van der Waals surface area (Å²) in [6.07, 6.45) is 7.45. The van der Waals surface area contributed by atoms with Crippen molar-refractivity contribution in [3.8, 4) is 0 Å². The van der Waals surface area contributed by atoms with Crippen LogP contribution in [0.2, 0.25) is 0 Å². The van der Waals surface area contributed by atoms with Crippen molar-refractivity contribution in [2.45, 2.75) is 113 Å². The number of ether oxygens (including phenoxy) is 1. The Hall–Kier alpha value is -2.48. The molecule has 0 spiro atoms. The van der Waals surface area contributed by atoms with Crippen molar-refractivity contribution in [2.75, 3.05) is 14.1 Å². The molecule has 5 atom stereocenters. The van der Waals surface area contributed by atoms with E-state index in [0.29, 0.717) is 25.0 Å². The molecule has 2 N–H and O–H groups in total. The van der Waals surface area contributed by atoms with Crippen LogP contribution in [-0.2, 0) is 23.9 Å². The van der Waals surface area contributed by atoms with E-state index in [0.717, 1.165) is 0 Å². The molecular weight excluding hydrogens is 482 g/mol. The molecule has 0 fully saturated rings. The number of carbonyl (C=O) groups is 4. The molecule has 0 saturated heterocycles. The Morgan fingerprint density at radius 1 is 1.05 bits per heavy atom. The third-order valence-corrected chi connectivity index (χ3v) is 5.52. The summed E-state index contributed by atoms with van der Waals surface area (Å²) in [7, 11) is 3.20. The van der Waals surface area contributed by atoms with Crippen LogP contribution in [0, 0.1) is 17.8 Å². The monoisotopic (exact) mass is 539 g/mol. The first-order chi connectivity index (χ1) is 17.8. The highest BCUT2D eigenvalue weighted by atomic mass is 16.5. The van der Waals surface area contributed by atoms with E-state index in [1.807, 2.05) is 54.5 Å². The molecule has 38 heavy (non-hydrogen) atoms. The highest BCUT2D eigenvalue weighted by molar-refractivity contribution is 5.91. The second kappa shape index (κ2) is 23.6. The highest BCUT2D eigenvalue weighted by Crippen LogP contribution is 2.21. The minimum absolute atomic E-state index is 0.215. The van der Waals surface area contributed by atoms with Crippen molar-refractivity contribution in [2.24, 2.45) is 17.8 Å². The molecular formula is C30H57N3O5. The number of likely N-dealkylation sites (N-methyl/N-ethyl adjacent to an activating group) is 2. The molecule has 0 aromatic heterocycles. The summed E-state index contributed by atoms with van der Waals surface area (Å²) in [5.41, 5.74) is 0. The lowest BCUT2D eigenvalue weighted by atomic mass is 9.93. The van der Waals surface area contributed by atoms with Gasteiger partial charge in [-0.1, -0.05) is 93.5 Å². The van der Waals surface area contributed by atoms with Gasteiger partial charge in [0.05, 0.1) is 6.04 Å². The van der Waals surface area contributed by atoms with Gasteiger partial charge in [0.15, 0.2) is 0 Å². The fraction of sp³-hybridized carbons (Fsp3) is 0.733. The van der Waals surface area contributed by atoms with Gasteiger partial charge >= 0.3 is 5.97 Å². The number of rotatable bonds is 15. The van der Waals surface area contributed by atoms with Crippen molar-refractivity contribution in [1.82, 2.24) is 15.5 Å². The molecule has 0 saturated carbocycles. The third-order valence-electron chi connectivity index (χ3n) is 5.52. The Kier molecular flexibility index (Phi) is 24.9. The molecule has 8 heteroatoms. The van der Waals surface area contributed by atoms with Crippen LogP contribution in [-0.4, -0.2) is 67.3 Å². The zero-order valence-electron chi connectivity index (χ0n) is 26.2. The summed E-state index contributed by atoms with van der Waals surface area (Å²) in [6, 6.07) is -2.26. The van der Waals surface area contributed by atoms with Gasteiger partial charge in [-0.05, 0) is 37.6 Å². The fourth-order valence-corrected chi connectivity index (χ4v) is 3.59. The molecule has 8 nitrogen and oxygen atoms in total. The first-order valence-corrected chi connectivity index (χ1v) is 14.0. The first kappa shape index (κ1) is 40.0. The summed E-state index contributed by atoms with van der Waals surface area (Å²) in [4.78, 5) is 51.3. The zero-order valence-corrected chi connectivity index (χ0v) is 26.2. The van der Waals surface area contributed by atoms with Crippen LogP contribution in [0.3, 0.4) is 0 Å². The topological polar surface area (TPSA) is 105 Å². The van der Waals surface area contributed by atoms with Gasteiger partial charge in [-0.25, -0.2) is 0 Å². The Balaban J connectivity index is -0.00000227. The van der Waals surface area contributed by atoms with E-state index in [1.165, 1.54) is 25.3 Å². The van der Waals surface area contributed by atoms with Gasteiger partial charge in [0, 0.05) is 14.0 Å². The maximum atomic E-state index is 13.4. The predicted molar refractivity (Wildman–Crippen MR) is 158 cm³/mol. The van der Waals surface area contributed by atoms with Crippen molar-refractivity contribution in [1.29, 1.82) is 0 Å². The number of allylic oxidation sites excluding steroid dienone is 3. The fourth-order valence-electron chi connectivity index (χ4n) is 3.59. The number of esters is 1. The Morgan fingerprint density at radius 3 is 1.95 bits per heavy atom. The quantitative estimate of drug-likeness (QED) is 0.174. The van der Waals surface area contributed by atoms with Gasteiger partial charge in [0.2, 0.25) is 11.8 Å². The van der Waals surface area contributed by atoms with Gasteiger partial charge in [0.1, 0.15) is 24.5 Å². The van der Waals surface area contributed by atoms with E-state index in [1.54, 1.807) is 19.2 Å². The Morgan fingerprint density at radius 2 is 1.58 bits per heavy atom. The number of carbonyl (C=O) groups excluding carboxylic acids is 4. The number of hydrogen-bond donors (Lipinski definition) is 2. The van der Waals surface area contributed by atoms with Crippen LogP contribution in [0.25, 0.3) is 0 Å². The number of nitrogens with zero attached hydrogens (tertiary/aromatic N) is 1. The zero-order chi connectivity index (χ0) is 30.4. The average Bonchev–Trinajstić information content (AvgIpc) is 2.86. The van der Waals surface area contributed by atoms with Crippen molar-refractivity contribution < 1.29 is 23.9 Å². The molecule has 0 aliphatic rings. The van der Waals surface area contributed by atoms with Crippen LogP contribution < -0.4 is 10.6 Å². The number of amides is 2. The van der Waals surface area contributed by atoms with Crippen molar-refractivity contribution in [3.63, 3.8) is 0 Å². The summed E-state index contributed by atoms with van der Waals surface area (Å²) >= 11 is 0. The summed E-state index contributed by atoms with van der Waals surface area (Å²) in [5, 5.41) is 5.84. The maximum Gasteiger partial charge on any atom is 0.302 e. The first-order valence-electron chi connectivity index (χ1n) is 14.0. The van der Waals surface area contributed by atoms with E-state index in [4.69, 9.17) is 4.74 Å². The lowest BCUT2D eigenvalue weighted by Crippen LogP contribution is -2.58. The van der Waals surface area contributed by atoms with Gasteiger partial charge < -0.3 is 25.1 Å². The molecule has 0 bridgehead atoms. The van der Waals surface area contributed by atoms with Crippen molar-refractivity contribution in [3.05, 3.63) is 24.8 Å². The van der Waals surface area contributed by atoms with Gasteiger partial charge in [-0.2, -0.15) is 0 Å². The molecule has 2 amide bonds. The van der Waals surface area contributed by atoms with Crippen molar-refractivity contribution >= 4 is 24.1 Å². The maximum absolute atomic E-state index is 13.4. The van der Waals surface area contributed by atoms with Crippen LogP contribution in [0.4, 0.5) is 0 Å². The highest BCUT2D eigenvalue weighted by Gasteiger charge is 2.38. The predicted octanol–water partition coefficient (Wildman–Crippen LogP) is 4.93. The number of nitrogens with one attached hydrogen (secondary N) is 2. The van der Waals surface area contributed by atoms with Crippen LogP contribution in [0.5, 0.6) is 0 Å². The molecule has 0 aromatic carbocycles. The van der Waals surface area contributed by atoms with Crippen LogP contribution in [0.1, 0.15) is 88.5 Å². The van der Waals surface area contributed by atoms with E-state index in [-0.39, 0.29) is 17.7 Å². The van der Waals surface area contributed by atoms with Gasteiger partial charge in [0.25, 0.3) is 0 Å². The number of aldehydes is 1. The van der Waals surface area contributed by atoms with Gasteiger partial charge in [-0.3, -0.25) is 14.4 Å². The molecule has 0 aliphatic carbocycles.